The molecule has 3 heteroatoms. The molecule has 1 saturated carbocycles. The Bertz CT molecular complexity index is 427. The summed E-state index contributed by atoms with van der Waals surface area (Å²) in [5, 5.41) is 8.87. The first-order valence-corrected chi connectivity index (χ1v) is 4.69. The lowest BCUT2D eigenvalue weighted by atomic mass is 10.0. The summed E-state index contributed by atoms with van der Waals surface area (Å²) in [6.45, 7) is 0. The molecule has 72 valence electrons. The van der Waals surface area contributed by atoms with Crippen molar-refractivity contribution in [1.29, 1.82) is 0 Å². The van der Waals surface area contributed by atoms with Crippen LogP contribution in [-0.4, -0.2) is 11.1 Å². The van der Waals surface area contributed by atoms with E-state index in [1.165, 1.54) is 12.1 Å². The van der Waals surface area contributed by atoms with Crippen molar-refractivity contribution in [3.8, 4) is 0 Å². The number of carbonyl (C=O) groups is 1. The monoisotopic (exact) mass is 192 g/mol. The number of carboxylic acids is 1. The van der Waals surface area contributed by atoms with Gasteiger partial charge in [0.1, 0.15) is 5.82 Å². The molecule has 2 nitrogen and oxygen atoms in total. The van der Waals surface area contributed by atoms with Gasteiger partial charge >= 0.3 is 5.97 Å². The number of fused-ring (bicyclic) bond motifs is 3. The van der Waals surface area contributed by atoms with Gasteiger partial charge in [-0.15, -0.1) is 0 Å². The third kappa shape index (κ3) is 0.870. The van der Waals surface area contributed by atoms with Crippen molar-refractivity contribution in [3.05, 3.63) is 35.1 Å². The predicted molar refractivity (Wildman–Crippen MR) is 47.5 cm³/mol. The van der Waals surface area contributed by atoms with Crippen LogP contribution < -0.4 is 0 Å². The summed E-state index contributed by atoms with van der Waals surface area (Å²) in [6, 6.07) is 4.68. The minimum Gasteiger partial charge on any atom is -0.481 e. The number of hydrogen-bond donors (Lipinski definition) is 1. The molecule has 3 atom stereocenters. The molecule has 0 heterocycles. The van der Waals surface area contributed by atoms with Crippen molar-refractivity contribution in [2.75, 3.05) is 0 Å². The second kappa shape index (κ2) is 2.35. The predicted octanol–water partition coefficient (Wildman–Crippen LogP) is 1.80. The van der Waals surface area contributed by atoms with Gasteiger partial charge in [-0.3, -0.25) is 4.79 Å². The van der Waals surface area contributed by atoms with E-state index in [9.17, 15) is 9.18 Å². The van der Waals surface area contributed by atoms with Crippen LogP contribution >= 0.6 is 0 Å². The number of carboxylic acid groups (broad SMARTS) is 1. The van der Waals surface area contributed by atoms with Gasteiger partial charge in [0.25, 0.3) is 0 Å². The molecule has 1 aromatic carbocycles. The van der Waals surface area contributed by atoms with Crippen LogP contribution in [0.5, 0.6) is 0 Å². The molecule has 0 amide bonds. The van der Waals surface area contributed by atoms with Gasteiger partial charge in [0.15, 0.2) is 0 Å². The van der Waals surface area contributed by atoms with Crippen LogP contribution in [0.4, 0.5) is 4.39 Å². The molecule has 2 aliphatic rings. The Kier molecular flexibility index (Phi) is 1.34. The van der Waals surface area contributed by atoms with Gasteiger partial charge in [0.2, 0.25) is 0 Å². The zero-order chi connectivity index (χ0) is 9.87. The standard InChI is InChI=1S/C11H9FO2/c12-6-1-2-7-5(3-6)4-8-9(7)10(8)11(13)14/h1-3,8-10H,4H2,(H,13,14)/t8-,9+,10-/m1/s1. The number of rotatable bonds is 1. The first kappa shape index (κ1) is 7.97. The zero-order valence-corrected chi connectivity index (χ0v) is 7.40. The summed E-state index contributed by atoms with van der Waals surface area (Å²) in [5.41, 5.74) is 2.04. The number of halogens is 1. The van der Waals surface area contributed by atoms with Crippen molar-refractivity contribution in [2.45, 2.75) is 12.3 Å². The molecular formula is C11H9FO2. The van der Waals surface area contributed by atoms with Gasteiger partial charge < -0.3 is 5.11 Å². The van der Waals surface area contributed by atoms with Crippen LogP contribution in [0, 0.1) is 17.7 Å². The fourth-order valence-corrected chi connectivity index (χ4v) is 2.72. The molecule has 0 radical (unpaired) electrons. The highest BCUT2D eigenvalue weighted by atomic mass is 19.1. The summed E-state index contributed by atoms with van der Waals surface area (Å²) in [7, 11) is 0. The SMILES string of the molecule is O=C(O)[C@@H]1[C@@H]2Cc3cc(F)ccc3[C@@H]21. The van der Waals surface area contributed by atoms with E-state index >= 15 is 0 Å². The maximum Gasteiger partial charge on any atom is 0.307 e. The Hall–Kier alpha value is -1.38. The van der Waals surface area contributed by atoms with Crippen LogP contribution in [-0.2, 0) is 11.2 Å². The molecule has 3 rings (SSSR count). The average molecular weight is 192 g/mol. The smallest absolute Gasteiger partial charge is 0.307 e. The molecule has 1 N–H and O–H groups in total. The molecule has 2 aliphatic carbocycles. The summed E-state index contributed by atoms with van der Waals surface area (Å²) in [5.74, 6) is -0.771. The van der Waals surface area contributed by atoms with Crippen molar-refractivity contribution in [1.82, 2.24) is 0 Å². The van der Waals surface area contributed by atoms with Crippen LogP contribution in [0.15, 0.2) is 18.2 Å². The maximum atomic E-state index is 12.8. The van der Waals surface area contributed by atoms with Crippen molar-refractivity contribution < 1.29 is 14.3 Å². The van der Waals surface area contributed by atoms with Crippen LogP contribution in [0.2, 0.25) is 0 Å². The highest BCUT2D eigenvalue weighted by Crippen LogP contribution is 2.61. The Labute approximate surface area is 80.4 Å². The second-order valence-electron chi connectivity index (χ2n) is 4.10. The van der Waals surface area contributed by atoms with E-state index in [4.69, 9.17) is 5.11 Å². The minimum absolute atomic E-state index is 0.156. The molecular weight excluding hydrogens is 183 g/mol. The Morgan fingerprint density at radius 1 is 1.50 bits per heavy atom. The normalized spacial score (nSPS) is 32.2. The summed E-state index contributed by atoms with van der Waals surface area (Å²) < 4.78 is 12.8. The van der Waals surface area contributed by atoms with E-state index in [0.717, 1.165) is 17.5 Å². The van der Waals surface area contributed by atoms with E-state index < -0.39 is 5.97 Å². The average Bonchev–Trinajstić information content (AvgIpc) is 2.70. The Morgan fingerprint density at radius 3 is 3.00 bits per heavy atom. The molecule has 0 unspecified atom stereocenters. The van der Waals surface area contributed by atoms with Crippen LogP contribution in [0.25, 0.3) is 0 Å². The van der Waals surface area contributed by atoms with Crippen molar-refractivity contribution in [3.63, 3.8) is 0 Å². The second-order valence-corrected chi connectivity index (χ2v) is 4.10. The van der Waals surface area contributed by atoms with Crippen LogP contribution in [0.3, 0.4) is 0 Å². The molecule has 1 aromatic rings. The highest BCUT2D eigenvalue weighted by molar-refractivity contribution is 5.77. The highest BCUT2D eigenvalue weighted by Gasteiger charge is 2.59. The van der Waals surface area contributed by atoms with Gasteiger partial charge in [-0.1, -0.05) is 6.07 Å². The molecule has 0 spiro atoms. The first-order chi connectivity index (χ1) is 6.68. The van der Waals surface area contributed by atoms with Crippen molar-refractivity contribution >= 4 is 5.97 Å². The third-order valence-electron chi connectivity index (χ3n) is 3.37. The number of aliphatic carboxylic acids is 1. The molecule has 0 aliphatic heterocycles. The fourth-order valence-electron chi connectivity index (χ4n) is 2.72. The molecule has 0 aromatic heterocycles. The van der Waals surface area contributed by atoms with E-state index in [1.54, 1.807) is 6.07 Å². The van der Waals surface area contributed by atoms with Gasteiger partial charge in [0.05, 0.1) is 5.92 Å². The summed E-state index contributed by atoms with van der Waals surface area (Å²) in [6.07, 6.45) is 0.731. The van der Waals surface area contributed by atoms with Gasteiger partial charge in [0, 0.05) is 5.92 Å². The molecule has 0 saturated heterocycles. The summed E-state index contributed by atoms with van der Waals surface area (Å²) in [4.78, 5) is 10.8. The lowest BCUT2D eigenvalue weighted by molar-refractivity contribution is -0.139. The van der Waals surface area contributed by atoms with Gasteiger partial charge in [-0.05, 0) is 35.6 Å². The minimum atomic E-state index is -0.713. The Morgan fingerprint density at radius 2 is 2.29 bits per heavy atom. The van der Waals surface area contributed by atoms with E-state index in [2.05, 4.69) is 0 Å². The largest absolute Gasteiger partial charge is 0.481 e. The third-order valence-corrected chi connectivity index (χ3v) is 3.37. The zero-order valence-electron chi connectivity index (χ0n) is 7.40. The summed E-state index contributed by atoms with van der Waals surface area (Å²) >= 11 is 0. The molecule has 1 fully saturated rings. The lowest BCUT2D eigenvalue weighted by Gasteiger charge is -2.04. The van der Waals surface area contributed by atoms with Gasteiger partial charge in [-0.2, -0.15) is 0 Å². The van der Waals surface area contributed by atoms with Crippen molar-refractivity contribution in [2.24, 2.45) is 11.8 Å². The van der Waals surface area contributed by atoms with Crippen LogP contribution in [0.1, 0.15) is 17.0 Å². The number of benzene rings is 1. The Balaban J connectivity index is 1.99. The maximum absolute atomic E-state index is 12.8. The first-order valence-electron chi connectivity index (χ1n) is 4.69. The van der Waals surface area contributed by atoms with Gasteiger partial charge in [-0.25, -0.2) is 4.39 Å². The van der Waals surface area contributed by atoms with E-state index in [-0.39, 0.29) is 23.6 Å². The lowest BCUT2D eigenvalue weighted by Crippen LogP contribution is -2.05. The van der Waals surface area contributed by atoms with E-state index in [1.807, 2.05) is 0 Å². The van der Waals surface area contributed by atoms with E-state index in [0.29, 0.717) is 0 Å². The molecule has 14 heavy (non-hydrogen) atoms. The number of hydrogen-bond acceptors (Lipinski definition) is 1. The molecule has 0 bridgehead atoms. The topological polar surface area (TPSA) is 37.3 Å². The quantitative estimate of drug-likeness (QED) is 0.736. The fraction of sp³-hybridized carbons (Fsp3) is 0.364.